The van der Waals surface area contributed by atoms with Crippen molar-refractivity contribution in [1.29, 1.82) is 0 Å². The fourth-order valence-electron chi connectivity index (χ4n) is 8.59. The molecule has 0 saturated carbocycles. The van der Waals surface area contributed by atoms with E-state index in [1.807, 2.05) is 18.2 Å². The summed E-state index contributed by atoms with van der Waals surface area (Å²) in [7, 11) is 0. The lowest BCUT2D eigenvalue weighted by Crippen LogP contribution is -2.06. The topological polar surface area (TPSA) is 69.6 Å². The predicted octanol–water partition coefficient (Wildman–Crippen LogP) is 12.7. The quantitative estimate of drug-likeness (QED) is 0.170. The Morgan fingerprint density at radius 3 is 2.02 bits per heavy atom. The third kappa shape index (κ3) is 4.56. The van der Waals surface area contributed by atoms with Crippen molar-refractivity contribution in [2.24, 2.45) is 0 Å². The summed E-state index contributed by atoms with van der Waals surface area (Å²) in [5, 5.41) is 11.1. The Morgan fingerprint density at radius 2 is 1.14 bits per heavy atom. The molecule has 4 heterocycles. The summed E-state index contributed by atoms with van der Waals surface area (Å²) in [6.45, 7) is 0. The lowest BCUT2D eigenvalue weighted by atomic mass is 9.97. The van der Waals surface area contributed by atoms with Crippen molar-refractivity contribution < 1.29 is 4.42 Å². The summed E-state index contributed by atoms with van der Waals surface area (Å²) in [4.78, 5) is 20.4. The molecule has 0 N–H and O–H groups in total. The second kappa shape index (κ2) is 11.9. The van der Waals surface area contributed by atoms with E-state index in [1.165, 1.54) is 16.2 Å². The lowest BCUT2D eigenvalue weighted by molar-refractivity contribution is 0.667. The molecule has 0 fully saturated rings. The highest BCUT2D eigenvalue weighted by Crippen LogP contribution is 2.41. The molecule has 4 aromatic heterocycles. The van der Waals surface area contributed by atoms with E-state index in [2.05, 4.69) is 155 Å². The van der Waals surface area contributed by atoms with Crippen LogP contribution in [-0.2, 0) is 0 Å². The first-order valence-electron chi connectivity index (χ1n) is 18.7. The molecule has 0 spiro atoms. The largest absolute Gasteiger partial charge is 0.454 e. The van der Waals surface area contributed by atoms with Crippen molar-refractivity contribution >= 4 is 76.1 Å². The Balaban J connectivity index is 1.21. The zero-order chi connectivity index (χ0) is 36.7. The third-order valence-electron chi connectivity index (χ3n) is 11.1. The molecule has 0 unspecified atom stereocenters. The Morgan fingerprint density at radius 1 is 0.429 bits per heavy atom. The molecule has 0 aliphatic heterocycles. The molecule has 0 aliphatic carbocycles. The number of para-hydroxylation sites is 1. The molecule has 56 heavy (non-hydrogen) atoms. The number of aromatic nitrogens is 5. The smallest absolute Gasteiger partial charge is 0.238 e. The zero-order valence-electron chi connectivity index (χ0n) is 29.9. The van der Waals surface area contributed by atoms with Crippen molar-refractivity contribution in [2.75, 3.05) is 0 Å². The van der Waals surface area contributed by atoms with Crippen LogP contribution in [0.25, 0.3) is 116 Å². The lowest BCUT2D eigenvalue weighted by Gasteiger charge is -2.14. The Labute approximate surface area is 320 Å². The van der Waals surface area contributed by atoms with Crippen molar-refractivity contribution in [2.45, 2.75) is 0 Å². The molecule has 0 radical (unpaired) electrons. The van der Waals surface area contributed by atoms with E-state index in [0.29, 0.717) is 28.8 Å². The van der Waals surface area contributed by atoms with Gasteiger partial charge < -0.3 is 4.42 Å². The summed E-state index contributed by atoms with van der Waals surface area (Å²) < 4.78 is 8.72. The number of pyridine rings is 1. The molecule has 260 valence electrons. The van der Waals surface area contributed by atoms with Crippen LogP contribution in [0.5, 0.6) is 0 Å². The van der Waals surface area contributed by atoms with Crippen LogP contribution >= 0.6 is 0 Å². The second-order valence-corrected chi connectivity index (χ2v) is 14.2. The number of hydrogen-bond donors (Lipinski definition) is 0. The van der Waals surface area contributed by atoms with E-state index in [4.69, 9.17) is 19.4 Å². The van der Waals surface area contributed by atoms with Gasteiger partial charge in [-0.1, -0.05) is 127 Å². The highest BCUT2D eigenvalue weighted by molar-refractivity contribution is 6.22. The maximum absolute atomic E-state index is 6.52. The van der Waals surface area contributed by atoms with Crippen molar-refractivity contribution in [3.05, 3.63) is 176 Å². The molecule has 0 amide bonds. The molecule has 8 aromatic carbocycles. The van der Waals surface area contributed by atoms with Crippen LogP contribution in [0.1, 0.15) is 0 Å². The number of hydrogen-bond acceptors (Lipinski definition) is 5. The first-order chi connectivity index (χ1) is 27.8. The minimum atomic E-state index is 0.525. The van der Waals surface area contributed by atoms with Crippen LogP contribution in [0, 0.1) is 0 Å². The van der Waals surface area contributed by atoms with Crippen molar-refractivity contribution in [3.63, 3.8) is 0 Å². The van der Waals surface area contributed by atoms with Crippen LogP contribution in [0.4, 0.5) is 0 Å². The molecule has 6 heteroatoms. The van der Waals surface area contributed by atoms with Gasteiger partial charge in [-0.05, 0) is 79.8 Å². The summed E-state index contributed by atoms with van der Waals surface area (Å²) in [5.41, 5.74) is 7.48. The van der Waals surface area contributed by atoms with Crippen LogP contribution in [-0.4, -0.2) is 24.5 Å². The molecule has 0 atom stereocenters. The van der Waals surface area contributed by atoms with E-state index in [-0.39, 0.29) is 0 Å². The monoisotopic (exact) mass is 715 g/mol. The molecular formula is C50H29N5O. The average molecular weight is 716 g/mol. The van der Waals surface area contributed by atoms with Gasteiger partial charge in [0, 0.05) is 33.3 Å². The van der Waals surface area contributed by atoms with E-state index >= 15 is 0 Å². The van der Waals surface area contributed by atoms with Gasteiger partial charge in [0.05, 0.1) is 22.8 Å². The van der Waals surface area contributed by atoms with Crippen LogP contribution in [0.2, 0.25) is 0 Å². The minimum absolute atomic E-state index is 0.525. The number of fused-ring (bicyclic) bond motifs is 11. The van der Waals surface area contributed by atoms with Gasteiger partial charge in [-0.15, -0.1) is 0 Å². The average Bonchev–Trinajstić information content (AvgIpc) is 3.82. The second-order valence-electron chi connectivity index (χ2n) is 14.2. The fourth-order valence-corrected chi connectivity index (χ4v) is 8.59. The molecule has 12 aromatic rings. The van der Waals surface area contributed by atoms with Gasteiger partial charge in [0.15, 0.2) is 17.2 Å². The molecule has 0 bridgehead atoms. The van der Waals surface area contributed by atoms with Gasteiger partial charge in [0.25, 0.3) is 0 Å². The summed E-state index contributed by atoms with van der Waals surface area (Å²) in [5.74, 6) is 1.63. The number of nitrogens with zero attached hydrogens (tertiary/aromatic N) is 5. The van der Waals surface area contributed by atoms with Crippen LogP contribution in [0.15, 0.2) is 181 Å². The SMILES string of the molecule is c1ccc(-c2ccc3c(c2)c2c4ccccc4ccc2n3-c2nc(-c3cc4ccccc4c4ccccc34)nc(-c3cccc4c3oc3cnccc34)n2)cc1. The van der Waals surface area contributed by atoms with Gasteiger partial charge in [0.1, 0.15) is 5.58 Å². The standard InChI is InChI=1S/C50H29N5O/c1-2-11-30(12-3-1)32-22-23-43-42(27-32)46-35-16-7-4-13-31(35)21-24-44(46)55(43)50-53-48(40-20-10-19-39-38-25-26-51-29-45(38)56-47(39)40)52-49(54-50)41-28-33-14-5-6-15-34(33)36-17-8-9-18-37(36)41/h1-29H. The first kappa shape index (κ1) is 30.7. The highest BCUT2D eigenvalue weighted by atomic mass is 16.3. The van der Waals surface area contributed by atoms with E-state index in [9.17, 15) is 0 Å². The van der Waals surface area contributed by atoms with Gasteiger partial charge >= 0.3 is 0 Å². The molecule has 0 aliphatic rings. The van der Waals surface area contributed by atoms with E-state index in [0.717, 1.165) is 71.0 Å². The maximum atomic E-state index is 6.52. The predicted molar refractivity (Wildman–Crippen MR) is 228 cm³/mol. The van der Waals surface area contributed by atoms with E-state index in [1.54, 1.807) is 12.4 Å². The Bertz CT molecular complexity index is 3550. The van der Waals surface area contributed by atoms with E-state index < -0.39 is 0 Å². The highest BCUT2D eigenvalue weighted by Gasteiger charge is 2.23. The van der Waals surface area contributed by atoms with Gasteiger partial charge in [-0.2, -0.15) is 9.97 Å². The van der Waals surface area contributed by atoms with Gasteiger partial charge in [-0.25, -0.2) is 4.98 Å². The fraction of sp³-hybridized carbons (Fsp3) is 0. The summed E-state index contributed by atoms with van der Waals surface area (Å²) in [6, 6.07) is 57.6. The number of furan rings is 1. The molecule has 0 saturated heterocycles. The van der Waals surface area contributed by atoms with Gasteiger partial charge in [0.2, 0.25) is 5.95 Å². The first-order valence-corrected chi connectivity index (χ1v) is 18.7. The summed E-state index contributed by atoms with van der Waals surface area (Å²) >= 11 is 0. The third-order valence-corrected chi connectivity index (χ3v) is 11.1. The van der Waals surface area contributed by atoms with Gasteiger partial charge in [-0.3, -0.25) is 9.55 Å². The van der Waals surface area contributed by atoms with Crippen molar-refractivity contribution in [1.82, 2.24) is 24.5 Å². The summed E-state index contributed by atoms with van der Waals surface area (Å²) in [6.07, 6.45) is 3.56. The number of rotatable bonds is 4. The van der Waals surface area contributed by atoms with Crippen molar-refractivity contribution in [3.8, 4) is 39.9 Å². The van der Waals surface area contributed by atoms with Crippen LogP contribution < -0.4 is 0 Å². The van der Waals surface area contributed by atoms with Crippen LogP contribution in [0.3, 0.4) is 0 Å². The molecule has 6 nitrogen and oxygen atoms in total. The molecule has 12 rings (SSSR count). The minimum Gasteiger partial charge on any atom is -0.454 e. The number of benzene rings is 8. The zero-order valence-corrected chi connectivity index (χ0v) is 29.9. The normalized spacial score (nSPS) is 11.9. The maximum Gasteiger partial charge on any atom is 0.238 e. The Hall–Kier alpha value is -7.70. The molecular weight excluding hydrogens is 687 g/mol. The Kier molecular flexibility index (Phi) is 6.53.